The van der Waals surface area contributed by atoms with E-state index in [0.717, 1.165) is 6.08 Å². The average molecular weight is 508 g/mol. The van der Waals surface area contributed by atoms with Crippen molar-refractivity contribution < 1.29 is 22.6 Å². The van der Waals surface area contributed by atoms with Crippen molar-refractivity contribution in [3.8, 4) is 0 Å². The van der Waals surface area contributed by atoms with Crippen molar-refractivity contribution in [1.29, 1.82) is 0 Å². The van der Waals surface area contributed by atoms with E-state index in [0.29, 0.717) is 5.56 Å². The van der Waals surface area contributed by atoms with Gasteiger partial charge in [-0.05, 0) is 17.7 Å². The largest absolute Gasteiger partial charge is 0.397 e. The van der Waals surface area contributed by atoms with Crippen LogP contribution in [0.1, 0.15) is 26.3 Å². The highest BCUT2D eigenvalue weighted by molar-refractivity contribution is 7.87. The minimum Gasteiger partial charge on any atom is -0.397 e. The van der Waals surface area contributed by atoms with Crippen LogP contribution in [0.15, 0.2) is 24.3 Å². The number of rotatable bonds is 2. The van der Waals surface area contributed by atoms with Crippen LogP contribution in [-0.2, 0) is 10.1 Å². The number of carbonyl (C=O) groups is 2. The van der Waals surface area contributed by atoms with Gasteiger partial charge in [-0.1, -0.05) is 64.6 Å². The van der Waals surface area contributed by atoms with Crippen LogP contribution in [0.25, 0.3) is 6.08 Å². The van der Waals surface area contributed by atoms with Gasteiger partial charge < -0.3 is 11.1 Å². The summed E-state index contributed by atoms with van der Waals surface area (Å²) in [6, 6.07) is 4.75. The fraction of sp³-hybridized carbons (Fsp3) is 0.111. The number of fused-ring (bicyclic) bond motifs is 2. The Morgan fingerprint density at radius 2 is 1.50 bits per heavy atom. The molecular formula is C18H10Cl4N2O5S. The Morgan fingerprint density at radius 1 is 0.967 bits per heavy atom. The van der Waals surface area contributed by atoms with Crippen molar-refractivity contribution in [2.45, 2.75) is 4.87 Å². The number of nitrogens with one attached hydrogen (secondary N) is 1. The van der Waals surface area contributed by atoms with E-state index in [1.807, 2.05) is 0 Å². The van der Waals surface area contributed by atoms with E-state index >= 15 is 0 Å². The van der Waals surface area contributed by atoms with E-state index in [1.165, 1.54) is 12.1 Å². The Hall–Kier alpha value is -1.81. The first-order valence-corrected chi connectivity index (χ1v) is 11.1. The Morgan fingerprint density at radius 3 is 2.00 bits per heavy atom. The highest BCUT2D eigenvalue weighted by Gasteiger charge is 2.60. The van der Waals surface area contributed by atoms with Crippen LogP contribution in [0.3, 0.4) is 0 Å². The zero-order valence-electron chi connectivity index (χ0n) is 14.5. The monoisotopic (exact) mass is 506 g/mol. The van der Waals surface area contributed by atoms with Gasteiger partial charge in [-0.3, -0.25) is 14.1 Å². The number of anilines is 2. The Kier molecular flexibility index (Phi) is 4.89. The topological polar surface area (TPSA) is 127 Å². The van der Waals surface area contributed by atoms with Gasteiger partial charge in [-0.2, -0.15) is 8.42 Å². The summed E-state index contributed by atoms with van der Waals surface area (Å²) in [6.07, 6.45) is 2.35. The van der Waals surface area contributed by atoms with Gasteiger partial charge in [0.2, 0.25) is 4.87 Å². The van der Waals surface area contributed by atoms with E-state index < -0.39 is 32.5 Å². The fourth-order valence-corrected chi connectivity index (χ4v) is 5.70. The van der Waals surface area contributed by atoms with Crippen molar-refractivity contribution in [3.05, 3.63) is 61.1 Å². The fourth-order valence-electron chi connectivity index (χ4n) is 3.68. The lowest BCUT2D eigenvalue weighted by Crippen LogP contribution is -2.55. The summed E-state index contributed by atoms with van der Waals surface area (Å²) >= 11 is 24.3. The maximum Gasteiger partial charge on any atom is 0.294 e. The van der Waals surface area contributed by atoms with Crippen LogP contribution in [0.5, 0.6) is 0 Å². The highest BCUT2D eigenvalue weighted by atomic mass is 35.5. The molecule has 1 heterocycles. The summed E-state index contributed by atoms with van der Waals surface area (Å²) in [5.41, 5.74) is 5.96. The van der Waals surface area contributed by atoms with Crippen LogP contribution in [0, 0.1) is 5.92 Å². The number of halogens is 4. The van der Waals surface area contributed by atoms with Gasteiger partial charge in [-0.15, -0.1) is 0 Å². The summed E-state index contributed by atoms with van der Waals surface area (Å²) in [5.74, 6) is -3.95. The molecule has 0 radical (unpaired) electrons. The summed E-state index contributed by atoms with van der Waals surface area (Å²) in [5, 5.41) is 1.38. The molecule has 1 atom stereocenters. The van der Waals surface area contributed by atoms with E-state index in [-0.39, 0.29) is 42.6 Å². The SMILES string of the molecule is Nc1cccc2c1NC(C1C(=O)c3c(Cl)c(Cl)c(Cl)c(Cl)c3C1=O)(S(=O)(=O)O)C=C2. The first-order chi connectivity index (χ1) is 13.9. The third-order valence-corrected chi connectivity index (χ3v) is 8.23. The van der Waals surface area contributed by atoms with Gasteiger partial charge in [-0.25, -0.2) is 0 Å². The minimum absolute atomic E-state index is 0.127. The summed E-state index contributed by atoms with van der Waals surface area (Å²) in [7, 11) is -5.11. The molecule has 1 aliphatic carbocycles. The Bertz CT molecular complexity index is 1260. The molecule has 30 heavy (non-hydrogen) atoms. The zero-order valence-corrected chi connectivity index (χ0v) is 18.4. The van der Waals surface area contributed by atoms with E-state index in [2.05, 4.69) is 5.32 Å². The molecule has 7 nitrogen and oxygen atoms in total. The lowest BCUT2D eigenvalue weighted by atomic mass is 9.89. The normalized spacial score (nSPS) is 20.8. The highest BCUT2D eigenvalue weighted by Crippen LogP contribution is 2.50. The quantitative estimate of drug-likeness (QED) is 0.178. The van der Waals surface area contributed by atoms with Crippen molar-refractivity contribution in [3.63, 3.8) is 0 Å². The number of ketones is 2. The molecule has 0 fully saturated rings. The molecule has 0 amide bonds. The minimum atomic E-state index is -5.11. The maximum absolute atomic E-state index is 13.2. The van der Waals surface area contributed by atoms with Crippen molar-refractivity contribution in [2.75, 3.05) is 11.1 Å². The molecule has 4 N–H and O–H groups in total. The number of hydrogen-bond acceptors (Lipinski definition) is 6. The standard InChI is InChI=1S/C18H10Cl4N2O5S/c19-11-8-9(12(20)14(22)13(11)21)17(26)10(16(8)25)18(30(27,28)29)5-4-6-2-1-3-7(23)15(6)24-18/h1-5,10,24H,23H2,(H,27,28,29). The molecule has 0 spiro atoms. The Balaban J connectivity index is 1.99. The predicted octanol–water partition coefficient (Wildman–Crippen LogP) is 4.60. The number of hydrogen-bond donors (Lipinski definition) is 3. The number of para-hydroxylation sites is 1. The molecule has 0 saturated heterocycles. The van der Waals surface area contributed by atoms with E-state index in [9.17, 15) is 22.6 Å². The lowest BCUT2D eigenvalue weighted by Gasteiger charge is -2.36. The van der Waals surface area contributed by atoms with Crippen LogP contribution in [0.4, 0.5) is 11.4 Å². The number of Topliss-reactive ketones (excluding diaryl/α,β-unsaturated/α-hetero) is 2. The first-order valence-electron chi connectivity index (χ1n) is 8.19. The summed E-state index contributed by atoms with van der Waals surface area (Å²) < 4.78 is 35.2. The Labute approximate surface area is 190 Å². The molecule has 2 aromatic carbocycles. The second kappa shape index (κ2) is 6.85. The third-order valence-electron chi connectivity index (χ3n) is 5.10. The molecule has 0 bridgehead atoms. The summed E-state index contributed by atoms with van der Waals surface area (Å²) in [6.45, 7) is 0. The molecule has 4 rings (SSSR count). The van der Waals surface area contributed by atoms with Gasteiger partial charge in [0.15, 0.2) is 11.6 Å². The van der Waals surface area contributed by atoms with Crippen molar-refractivity contribution >= 4 is 85.5 Å². The molecule has 1 unspecified atom stereocenters. The molecule has 1 aliphatic heterocycles. The number of nitrogen functional groups attached to an aromatic ring is 1. The second-order valence-electron chi connectivity index (χ2n) is 6.71. The molecule has 2 aliphatic rings. The zero-order chi connectivity index (χ0) is 22.2. The number of carbonyl (C=O) groups excluding carboxylic acids is 2. The van der Waals surface area contributed by atoms with E-state index in [4.69, 9.17) is 52.1 Å². The second-order valence-corrected chi connectivity index (χ2v) is 9.84. The van der Waals surface area contributed by atoms with Crippen LogP contribution in [-0.4, -0.2) is 29.4 Å². The van der Waals surface area contributed by atoms with Crippen LogP contribution < -0.4 is 11.1 Å². The van der Waals surface area contributed by atoms with Crippen LogP contribution in [0.2, 0.25) is 20.1 Å². The number of benzene rings is 2. The van der Waals surface area contributed by atoms with Gasteiger partial charge in [0.1, 0.15) is 5.92 Å². The van der Waals surface area contributed by atoms with Gasteiger partial charge in [0.05, 0.1) is 42.6 Å². The smallest absolute Gasteiger partial charge is 0.294 e. The van der Waals surface area contributed by atoms with Gasteiger partial charge >= 0.3 is 0 Å². The first kappa shape index (κ1) is 21.4. The molecule has 0 saturated carbocycles. The number of nitrogens with two attached hydrogens (primary N) is 1. The molecular weight excluding hydrogens is 498 g/mol. The summed E-state index contributed by atoms with van der Waals surface area (Å²) in [4.78, 5) is 23.9. The molecule has 12 heteroatoms. The van der Waals surface area contributed by atoms with Crippen molar-refractivity contribution in [1.82, 2.24) is 0 Å². The maximum atomic E-state index is 13.2. The van der Waals surface area contributed by atoms with Gasteiger partial charge in [0.25, 0.3) is 10.1 Å². The lowest BCUT2D eigenvalue weighted by molar-refractivity contribution is 0.0818. The van der Waals surface area contributed by atoms with Crippen molar-refractivity contribution in [2.24, 2.45) is 5.92 Å². The predicted molar refractivity (Wildman–Crippen MR) is 116 cm³/mol. The molecule has 0 aromatic heterocycles. The third kappa shape index (κ3) is 2.72. The molecule has 2 aromatic rings. The van der Waals surface area contributed by atoms with Gasteiger partial charge in [0, 0.05) is 0 Å². The van der Waals surface area contributed by atoms with Crippen LogP contribution >= 0.6 is 46.4 Å². The average Bonchev–Trinajstić information content (AvgIpc) is 2.94. The molecule has 156 valence electrons. The van der Waals surface area contributed by atoms with E-state index in [1.54, 1.807) is 12.1 Å².